The second kappa shape index (κ2) is 7.65. The van der Waals surface area contributed by atoms with Crippen LogP contribution >= 0.6 is 0 Å². The average Bonchev–Trinajstić information content (AvgIpc) is 3.34. The summed E-state index contributed by atoms with van der Waals surface area (Å²) in [5, 5.41) is 13.0. The fourth-order valence-electron chi connectivity index (χ4n) is 3.34. The first-order valence-corrected chi connectivity index (χ1v) is 10.8. The number of amides is 1. The topological polar surface area (TPSA) is 134 Å². The van der Waals surface area contributed by atoms with E-state index in [1.807, 2.05) is 19.9 Å². The van der Waals surface area contributed by atoms with Gasteiger partial charge in [0.15, 0.2) is 5.82 Å². The number of sulfonamides is 1. The van der Waals surface area contributed by atoms with Crippen molar-refractivity contribution in [3.63, 3.8) is 0 Å². The van der Waals surface area contributed by atoms with Crippen LogP contribution in [-0.4, -0.2) is 43.5 Å². The maximum Gasteiger partial charge on any atom is 0.407 e. The lowest BCUT2D eigenvalue weighted by Crippen LogP contribution is -2.33. The minimum absolute atomic E-state index is 0.0111. The van der Waals surface area contributed by atoms with Crippen LogP contribution < -0.4 is 15.4 Å². The van der Waals surface area contributed by atoms with E-state index in [1.54, 1.807) is 18.2 Å². The van der Waals surface area contributed by atoms with E-state index >= 15 is 0 Å². The molecule has 1 aromatic carbocycles. The number of hydrogen-bond acceptors (Lipinski definition) is 7. The van der Waals surface area contributed by atoms with Crippen molar-refractivity contribution in [2.75, 3.05) is 11.9 Å². The number of ether oxygens (including phenoxy) is 2. The third-order valence-corrected chi connectivity index (χ3v) is 6.16. The van der Waals surface area contributed by atoms with Crippen molar-refractivity contribution in [3.8, 4) is 0 Å². The van der Waals surface area contributed by atoms with E-state index in [4.69, 9.17) is 9.47 Å². The zero-order chi connectivity index (χ0) is 20.6. The molecule has 2 aliphatic heterocycles. The Kier molecular flexibility index (Phi) is 5.19. The van der Waals surface area contributed by atoms with Gasteiger partial charge in [0.05, 0.1) is 17.2 Å². The molecule has 1 aromatic heterocycles. The molecule has 1 saturated heterocycles. The van der Waals surface area contributed by atoms with Gasteiger partial charge in [0.25, 0.3) is 0 Å². The van der Waals surface area contributed by atoms with E-state index in [1.165, 1.54) is 0 Å². The Bertz CT molecular complexity index is 1020. The van der Waals surface area contributed by atoms with Gasteiger partial charge < -0.3 is 20.1 Å². The largest absolute Gasteiger partial charge is 0.444 e. The van der Waals surface area contributed by atoms with E-state index in [-0.39, 0.29) is 24.8 Å². The fourth-order valence-corrected chi connectivity index (χ4v) is 4.56. The summed E-state index contributed by atoms with van der Waals surface area (Å²) < 4.78 is 37.2. The van der Waals surface area contributed by atoms with E-state index < -0.39 is 16.1 Å². The molecule has 29 heavy (non-hydrogen) atoms. The van der Waals surface area contributed by atoms with Crippen LogP contribution in [0.3, 0.4) is 0 Å². The minimum atomic E-state index is -3.38. The first-order valence-electron chi connectivity index (χ1n) is 9.34. The van der Waals surface area contributed by atoms with Crippen LogP contribution in [0.4, 0.5) is 16.3 Å². The highest BCUT2D eigenvalue weighted by molar-refractivity contribution is 7.89. The highest BCUT2D eigenvalue weighted by Crippen LogP contribution is 2.31. The lowest BCUT2D eigenvalue weighted by molar-refractivity contribution is 0.0682. The summed E-state index contributed by atoms with van der Waals surface area (Å²) in [6.45, 7) is 4.33. The average molecular weight is 421 g/mol. The Morgan fingerprint density at radius 2 is 2.17 bits per heavy atom. The normalized spacial score (nSPS) is 22.4. The lowest BCUT2D eigenvalue weighted by Gasteiger charge is -2.13. The van der Waals surface area contributed by atoms with Gasteiger partial charge in [-0.15, -0.1) is 0 Å². The zero-order valence-electron chi connectivity index (χ0n) is 16.1. The van der Waals surface area contributed by atoms with Crippen LogP contribution in [0.5, 0.6) is 0 Å². The molecule has 0 bridgehead atoms. The van der Waals surface area contributed by atoms with Gasteiger partial charge in [-0.05, 0) is 37.6 Å². The van der Waals surface area contributed by atoms with Gasteiger partial charge in [0.2, 0.25) is 10.0 Å². The second-order valence-corrected chi connectivity index (χ2v) is 9.10. The van der Waals surface area contributed by atoms with Crippen molar-refractivity contribution < 1.29 is 22.7 Å². The molecule has 4 N–H and O–H groups in total. The van der Waals surface area contributed by atoms with E-state index in [0.29, 0.717) is 29.3 Å². The molecule has 1 fully saturated rings. The second-order valence-electron chi connectivity index (χ2n) is 7.36. The number of rotatable bonds is 5. The van der Waals surface area contributed by atoms with Crippen LogP contribution in [0.15, 0.2) is 29.2 Å². The minimum Gasteiger partial charge on any atom is -0.444 e. The standard InChI is InChI=1S/C18H23N5O5S/c1-10(2)20-18(24)28-13-6-15(27-9-13)14-7-17(23-22-14)21-12-3-4-16-11(5-12)8-19-29(16,25)26/h3-5,7,10,13,15,19H,6,8-9H2,1-2H3,(H,20,24)(H2,21,22,23). The highest BCUT2D eigenvalue weighted by atomic mass is 32.2. The molecule has 0 saturated carbocycles. The highest BCUT2D eigenvalue weighted by Gasteiger charge is 2.31. The number of fused-ring (bicyclic) bond motifs is 1. The zero-order valence-corrected chi connectivity index (χ0v) is 16.9. The smallest absolute Gasteiger partial charge is 0.407 e. The number of nitrogens with zero attached hydrogens (tertiary/aromatic N) is 1. The van der Waals surface area contributed by atoms with Gasteiger partial charge >= 0.3 is 6.09 Å². The number of hydrogen-bond donors (Lipinski definition) is 4. The number of benzene rings is 1. The van der Waals surface area contributed by atoms with Crippen molar-refractivity contribution in [1.82, 2.24) is 20.2 Å². The van der Waals surface area contributed by atoms with Gasteiger partial charge in [-0.25, -0.2) is 17.9 Å². The maximum atomic E-state index is 11.8. The summed E-state index contributed by atoms with van der Waals surface area (Å²) in [6, 6.07) is 6.89. The van der Waals surface area contributed by atoms with Crippen LogP contribution in [0.2, 0.25) is 0 Å². The SMILES string of the molecule is CC(C)NC(=O)OC1COC(c2cc(Nc3ccc4c(c3)CNS4(=O)=O)n[nH]2)C1. The van der Waals surface area contributed by atoms with Gasteiger partial charge in [-0.3, -0.25) is 5.10 Å². The Morgan fingerprint density at radius 3 is 2.97 bits per heavy atom. The molecule has 2 atom stereocenters. The molecule has 2 aliphatic rings. The lowest BCUT2D eigenvalue weighted by atomic mass is 10.1. The number of aromatic nitrogens is 2. The molecule has 0 spiro atoms. The number of carbonyl (C=O) groups is 1. The molecule has 11 heteroatoms. The molecule has 0 radical (unpaired) electrons. The summed E-state index contributed by atoms with van der Waals surface area (Å²) in [4.78, 5) is 12.0. The Morgan fingerprint density at radius 1 is 1.34 bits per heavy atom. The molecular formula is C18H23N5O5S. The monoisotopic (exact) mass is 421 g/mol. The van der Waals surface area contributed by atoms with Crippen molar-refractivity contribution in [3.05, 3.63) is 35.5 Å². The maximum absolute atomic E-state index is 11.8. The molecule has 0 aliphatic carbocycles. The molecule has 2 unspecified atom stereocenters. The van der Waals surface area contributed by atoms with E-state index in [0.717, 1.165) is 11.4 Å². The molecule has 4 rings (SSSR count). The van der Waals surface area contributed by atoms with Gasteiger partial charge in [0, 0.05) is 30.8 Å². The first kappa shape index (κ1) is 19.7. The number of anilines is 2. The number of aromatic amines is 1. The first-order chi connectivity index (χ1) is 13.8. The van der Waals surface area contributed by atoms with Crippen LogP contribution in [0, 0.1) is 0 Å². The Hall–Kier alpha value is -2.63. The van der Waals surface area contributed by atoms with Crippen molar-refractivity contribution in [1.29, 1.82) is 0 Å². The van der Waals surface area contributed by atoms with Crippen molar-refractivity contribution in [2.45, 2.75) is 50.0 Å². The van der Waals surface area contributed by atoms with Gasteiger partial charge in [-0.2, -0.15) is 5.10 Å². The van der Waals surface area contributed by atoms with Gasteiger partial charge in [-0.1, -0.05) is 0 Å². The molecule has 2 aromatic rings. The summed E-state index contributed by atoms with van der Waals surface area (Å²) in [5.74, 6) is 0.583. The summed E-state index contributed by atoms with van der Waals surface area (Å²) in [6.07, 6.45) is -0.474. The van der Waals surface area contributed by atoms with Crippen LogP contribution in [-0.2, 0) is 26.0 Å². The Balaban J connectivity index is 1.37. The number of carbonyl (C=O) groups excluding carboxylic acids is 1. The van der Waals surface area contributed by atoms with Gasteiger partial charge in [0.1, 0.15) is 12.2 Å². The number of H-pyrrole nitrogens is 1. The van der Waals surface area contributed by atoms with Crippen molar-refractivity contribution in [2.24, 2.45) is 0 Å². The van der Waals surface area contributed by atoms with E-state index in [2.05, 4.69) is 25.6 Å². The number of nitrogens with one attached hydrogen (secondary N) is 4. The van der Waals surface area contributed by atoms with Crippen LogP contribution in [0.25, 0.3) is 0 Å². The fraction of sp³-hybridized carbons (Fsp3) is 0.444. The molecule has 3 heterocycles. The van der Waals surface area contributed by atoms with E-state index in [9.17, 15) is 13.2 Å². The summed E-state index contributed by atoms with van der Waals surface area (Å²) in [5.41, 5.74) is 2.22. The van der Waals surface area contributed by atoms with Crippen LogP contribution in [0.1, 0.15) is 37.6 Å². The Labute approximate surface area is 168 Å². The number of alkyl carbamates (subject to hydrolysis) is 1. The third-order valence-electron chi connectivity index (χ3n) is 4.66. The molecule has 156 valence electrons. The molecular weight excluding hydrogens is 398 g/mol. The van der Waals surface area contributed by atoms with Crippen molar-refractivity contribution >= 4 is 27.6 Å². The quantitative estimate of drug-likeness (QED) is 0.579. The third kappa shape index (κ3) is 4.36. The molecule has 1 amide bonds. The predicted octanol–water partition coefficient (Wildman–Crippen LogP) is 1.91. The summed E-state index contributed by atoms with van der Waals surface area (Å²) in [7, 11) is -3.38. The predicted molar refractivity (Wildman–Crippen MR) is 104 cm³/mol. The summed E-state index contributed by atoms with van der Waals surface area (Å²) >= 11 is 0. The molecule has 10 nitrogen and oxygen atoms in total.